The summed E-state index contributed by atoms with van der Waals surface area (Å²) in [6.07, 6.45) is 5.20. The summed E-state index contributed by atoms with van der Waals surface area (Å²) in [4.78, 5) is 29.6. The summed E-state index contributed by atoms with van der Waals surface area (Å²) in [5, 5.41) is 5.42. The molecule has 1 aromatic heterocycles. The molecule has 33 heavy (non-hydrogen) atoms. The van der Waals surface area contributed by atoms with E-state index in [9.17, 15) is 14.0 Å². The number of hydrogen-bond donors (Lipinski definition) is 1. The first-order valence-corrected chi connectivity index (χ1v) is 12.4. The van der Waals surface area contributed by atoms with E-state index in [4.69, 9.17) is 11.6 Å². The molecule has 1 fully saturated rings. The van der Waals surface area contributed by atoms with Crippen molar-refractivity contribution in [2.24, 2.45) is 0 Å². The fourth-order valence-electron chi connectivity index (χ4n) is 4.33. The number of halogens is 2. The molecule has 3 aromatic rings. The summed E-state index contributed by atoms with van der Waals surface area (Å²) in [6.45, 7) is 0. The van der Waals surface area contributed by atoms with Crippen LogP contribution in [0, 0.1) is 5.82 Å². The topological polar surface area (TPSA) is 49.4 Å². The molecule has 2 amide bonds. The van der Waals surface area contributed by atoms with Crippen LogP contribution in [0.25, 0.3) is 0 Å². The molecule has 1 saturated carbocycles. The summed E-state index contributed by atoms with van der Waals surface area (Å²) >= 11 is 7.99. The molecule has 1 aliphatic carbocycles. The van der Waals surface area contributed by atoms with Crippen molar-refractivity contribution in [3.63, 3.8) is 0 Å². The van der Waals surface area contributed by atoms with Crippen molar-refractivity contribution in [2.45, 2.75) is 50.6 Å². The number of anilines is 1. The minimum atomic E-state index is -1.02. The van der Waals surface area contributed by atoms with Crippen molar-refractivity contribution >= 4 is 40.4 Å². The van der Waals surface area contributed by atoms with E-state index >= 15 is 0 Å². The molecule has 1 heterocycles. The summed E-state index contributed by atoms with van der Waals surface area (Å²) in [6, 6.07) is 15.6. The SMILES string of the molecule is O=C(NC1CCCCC1)C(c1ccccc1Cl)N(C(=O)Cc1cccs1)c1cccc(F)c1. The van der Waals surface area contributed by atoms with Gasteiger partial charge in [-0.25, -0.2) is 4.39 Å². The quantitative estimate of drug-likeness (QED) is 0.427. The highest BCUT2D eigenvalue weighted by Gasteiger charge is 2.35. The monoisotopic (exact) mass is 484 g/mol. The number of nitrogens with zero attached hydrogens (tertiary/aromatic N) is 1. The van der Waals surface area contributed by atoms with Crippen LogP contribution in [0.3, 0.4) is 0 Å². The third kappa shape index (κ3) is 5.81. The van der Waals surface area contributed by atoms with Crippen LogP contribution in [0.15, 0.2) is 66.0 Å². The van der Waals surface area contributed by atoms with Crippen molar-refractivity contribution < 1.29 is 14.0 Å². The van der Waals surface area contributed by atoms with Crippen LogP contribution in [0.4, 0.5) is 10.1 Å². The molecular weight excluding hydrogens is 459 g/mol. The van der Waals surface area contributed by atoms with Gasteiger partial charge in [0.25, 0.3) is 0 Å². The zero-order valence-corrected chi connectivity index (χ0v) is 19.7. The first-order chi connectivity index (χ1) is 16.0. The molecule has 1 N–H and O–H groups in total. The normalized spacial score (nSPS) is 15.1. The Morgan fingerprint density at radius 2 is 1.85 bits per heavy atom. The number of carbonyl (C=O) groups excluding carboxylic acids is 2. The van der Waals surface area contributed by atoms with E-state index in [1.807, 2.05) is 17.5 Å². The zero-order chi connectivity index (χ0) is 23.2. The molecule has 1 atom stereocenters. The Morgan fingerprint density at radius 1 is 1.06 bits per heavy atom. The van der Waals surface area contributed by atoms with Gasteiger partial charge >= 0.3 is 0 Å². The standard InChI is InChI=1S/C26H26ClFN2O2S/c27-23-14-5-4-13-22(23)25(26(32)29-19-9-2-1-3-10-19)30(20-11-6-8-18(28)16-20)24(31)17-21-12-7-15-33-21/h4-8,11-16,19,25H,1-3,9-10,17H2,(H,29,32). The molecule has 1 aliphatic rings. The summed E-state index contributed by atoms with van der Waals surface area (Å²) < 4.78 is 14.2. The average molecular weight is 485 g/mol. The Labute approximate surface area is 202 Å². The van der Waals surface area contributed by atoms with Gasteiger partial charge < -0.3 is 5.32 Å². The molecule has 0 bridgehead atoms. The second-order valence-corrected chi connectivity index (χ2v) is 9.71. The van der Waals surface area contributed by atoms with Crippen molar-refractivity contribution in [2.75, 3.05) is 4.90 Å². The van der Waals surface area contributed by atoms with E-state index in [0.717, 1.165) is 37.0 Å². The molecule has 0 radical (unpaired) electrons. The number of amides is 2. The van der Waals surface area contributed by atoms with Gasteiger partial charge in [-0.2, -0.15) is 0 Å². The molecule has 4 nitrogen and oxygen atoms in total. The maximum atomic E-state index is 14.2. The summed E-state index contributed by atoms with van der Waals surface area (Å²) in [7, 11) is 0. The van der Waals surface area contributed by atoms with E-state index in [1.54, 1.807) is 36.4 Å². The number of carbonyl (C=O) groups is 2. The lowest BCUT2D eigenvalue weighted by molar-refractivity contribution is -0.127. The zero-order valence-electron chi connectivity index (χ0n) is 18.2. The van der Waals surface area contributed by atoms with Gasteiger partial charge in [-0.3, -0.25) is 14.5 Å². The second-order valence-electron chi connectivity index (χ2n) is 8.27. The smallest absolute Gasteiger partial charge is 0.248 e. The largest absolute Gasteiger partial charge is 0.351 e. The van der Waals surface area contributed by atoms with Gasteiger partial charge in [0.1, 0.15) is 11.9 Å². The van der Waals surface area contributed by atoms with Crippen molar-refractivity contribution in [3.8, 4) is 0 Å². The number of thiophene rings is 1. The Bertz CT molecular complexity index is 1100. The number of hydrogen-bond acceptors (Lipinski definition) is 3. The summed E-state index contributed by atoms with van der Waals surface area (Å²) in [5.74, 6) is -1.09. The van der Waals surface area contributed by atoms with Gasteiger partial charge in [-0.05, 0) is 48.6 Å². The minimum Gasteiger partial charge on any atom is -0.351 e. The van der Waals surface area contributed by atoms with Crippen LogP contribution < -0.4 is 10.2 Å². The van der Waals surface area contributed by atoms with Crippen molar-refractivity contribution in [3.05, 3.63) is 87.3 Å². The van der Waals surface area contributed by atoms with Crippen LogP contribution in [0.1, 0.15) is 48.6 Å². The molecule has 1 unspecified atom stereocenters. The molecule has 2 aromatic carbocycles. The van der Waals surface area contributed by atoms with E-state index in [0.29, 0.717) is 16.3 Å². The highest BCUT2D eigenvalue weighted by Crippen LogP contribution is 2.34. The van der Waals surface area contributed by atoms with E-state index < -0.39 is 11.9 Å². The average Bonchev–Trinajstić information content (AvgIpc) is 3.31. The van der Waals surface area contributed by atoms with Crippen LogP contribution in [0.5, 0.6) is 0 Å². The minimum absolute atomic E-state index is 0.0537. The van der Waals surface area contributed by atoms with Crippen molar-refractivity contribution in [1.82, 2.24) is 5.32 Å². The number of benzene rings is 2. The van der Waals surface area contributed by atoms with Gasteiger partial charge in [0.2, 0.25) is 11.8 Å². The predicted octanol–water partition coefficient (Wildman–Crippen LogP) is 6.31. The van der Waals surface area contributed by atoms with Gasteiger partial charge in [0.15, 0.2) is 0 Å². The van der Waals surface area contributed by atoms with E-state index in [1.165, 1.54) is 28.4 Å². The Morgan fingerprint density at radius 3 is 2.55 bits per heavy atom. The number of nitrogens with one attached hydrogen (secondary N) is 1. The molecule has 7 heteroatoms. The molecular formula is C26H26ClFN2O2S. The molecule has 0 spiro atoms. The Kier molecular flexibility index (Phi) is 7.78. The highest BCUT2D eigenvalue weighted by atomic mass is 35.5. The Balaban J connectivity index is 1.76. The van der Waals surface area contributed by atoms with E-state index in [-0.39, 0.29) is 24.3 Å². The van der Waals surface area contributed by atoms with Crippen LogP contribution in [-0.2, 0) is 16.0 Å². The number of rotatable bonds is 7. The van der Waals surface area contributed by atoms with Crippen molar-refractivity contribution in [1.29, 1.82) is 0 Å². The third-order valence-corrected chi connectivity index (χ3v) is 7.14. The van der Waals surface area contributed by atoms with Crippen LogP contribution in [-0.4, -0.2) is 17.9 Å². The molecule has 0 aliphatic heterocycles. The first kappa shape index (κ1) is 23.5. The van der Waals surface area contributed by atoms with Gasteiger partial charge in [0, 0.05) is 27.2 Å². The fraction of sp³-hybridized carbons (Fsp3) is 0.308. The third-order valence-electron chi connectivity index (χ3n) is 5.92. The van der Waals surface area contributed by atoms with Gasteiger partial charge in [-0.15, -0.1) is 11.3 Å². The van der Waals surface area contributed by atoms with Crippen LogP contribution >= 0.6 is 22.9 Å². The lowest BCUT2D eigenvalue weighted by Gasteiger charge is -2.34. The lowest BCUT2D eigenvalue weighted by Crippen LogP contribution is -2.47. The van der Waals surface area contributed by atoms with E-state index in [2.05, 4.69) is 5.32 Å². The first-order valence-electron chi connectivity index (χ1n) is 11.2. The maximum Gasteiger partial charge on any atom is 0.248 e. The second kappa shape index (κ2) is 10.9. The molecule has 172 valence electrons. The molecule has 4 rings (SSSR count). The Hall–Kier alpha value is -2.70. The van der Waals surface area contributed by atoms with Crippen LogP contribution in [0.2, 0.25) is 5.02 Å². The van der Waals surface area contributed by atoms with Gasteiger partial charge in [0.05, 0.1) is 6.42 Å². The molecule has 0 saturated heterocycles. The summed E-state index contributed by atoms with van der Waals surface area (Å²) in [5.41, 5.74) is 0.830. The fourth-order valence-corrected chi connectivity index (χ4v) is 5.27. The lowest BCUT2D eigenvalue weighted by atomic mass is 9.94. The predicted molar refractivity (Wildman–Crippen MR) is 131 cm³/mol. The van der Waals surface area contributed by atoms with Gasteiger partial charge in [-0.1, -0.05) is 61.2 Å². The maximum absolute atomic E-state index is 14.2. The highest BCUT2D eigenvalue weighted by molar-refractivity contribution is 7.10.